The van der Waals surface area contributed by atoms with E-state index >= 15 is 0 Å². The van der Waals surface area contributed by atoms with E-state index in [9.17, 15) is 0 Å². The van der Waals surface area contributed by atoms with E-state index in [-0.39, 0.29) is 0 Å². The van der Waals surface area contributed by atoms with Crippen LogP contribution in [0, 0.1) is 0 Å². The van der Waals surface area contributed by atoms with Gasteiger partial charge in [-0.05, 0) is 46.0 Å². The summed E-state index contributed by atoms with van der Waals surface area (Å²) in [6, 6.07) is 0. The molecule has 0 heteroatoms. The molecule has 0 bridgehead atoms. The van der Waals surface area contributed by atoms with E-state index in [0.717, 1.165) is 0 Å². The highest BCUT2D eigenvalue weighted by molar-refractivity contribution is 5.14. The van der Waals surface area contributed by atoms with Gasteiger partial charge in [0.05, 0.1) is 0 Å². The monoisotopic (exact) mass is 150 g/mol. The smallest absolute Gasteiger partial charge is 0.0111 e. The maximum atomic E-state index is 2.43. The van der Waals surface area contributed by atoms with Crippen LogP contribution in [0.15, 0.2) is 23.3 Å². The third kappa shape index (κ3) is 2.92. The van der Waals surface area contributed by atoms with E-state index in [0.29, 0.717) is 0 Å². The van der Waals surface area contributed by atoms with E-state index in [1.54, 1.807) is 5.57 Å². The summed E-state index contributed by atoms with van der Waals surface area (Å²) in [5, 5.41) is 0. The van der Waals surface area contributed by atoms with Crippen LogP contribution in [-0.2, 0) is 0 Å². The number of hydrogen-bond acceptors (Lipinski definition) is 0. The molecule has 0 radical (unpaired) electrons. The molecule has 0 saturated heterocycles. The summed E-state index contributed by atoms with van der Waals surface area (Å²) in [6.45, 7) is 4.34. The molecule has 0 N–H and O–H groups in total. The first kappa shape index (κ1) is 8.58. The molecule has 0 aliphatic heterocycles. The second kappa shape index (κ2) is 4.38. The lowest BCUT2D eigenvalue weighted by atomic mass is 9.94. The van der Waals surface area contributed by atoms with Crippen molar-refractivity contribution in [1.29, 1.82) is 0 Å². The Bertz CT molecular complexity index is 172. The summed E-state index contributed by atoms with van der Waals surface area (Å²) in [7, 11) is 0. The summed E-state index contributed by atoms with van der Waals surface area (Å²) in [4.78, 5) is 0. The summed E-state index contributed by atoms with van der Waals surface area (Å²) in [5.74, 6) is 0. The average Bonchev–Trinajstić information content (AvgIpc) is 2.06. The Hall–Kier alpha value is -0.520. The van der Waals surface area contributed by atoms with Crippen LogP contribution >= 0.6 is 0 Å². The maximum Gasteiger partial charge on any atom is -0.0111 e. The summed E-state index contributed by atoms with van der Waals surface area (Å²) in [5.41, 5.74) is 3.17. The van der Waals surface area contributed by atoms with Crippen molar-refractivity contribution in [2.75, 3.05) is 0 Å². The van der Waals surface area contributed by atoms with Crippen LogP contribution < -0.4 is 0 Å². The lowest BCUT2D eigenvalue weighted by Gasteiger charge is -2.12. The predicted octanol–water partition coefficient (Wildman–Crippen LogP) is 3.84. The van der Waals surface area contributed by atoms with Crippen molar-refractivity contribution in [1.82, 2.24) is 0 Å². The number of allylic oxidation sites excluding steroid dienone is 4. The Labute approximate surface area is 70.0 Å². The average molecular weight is 150 g/mol. The van der Waals surface area contributed by atoms with E-state index < -0.39 is 0 Å². The molecule has 11 heavy (non-hydrogen) atoms. The molecule has 0 unspecified atom stereocenters. The largest absolute Gasteiger partial charge is 0.0884 e. The fourth-order valence-electron chi connectivity index (χ4n) is 1.53. The van der Waals surface area contributed by atoms with E-state index in [2.05, 4.69) is 26.0 Å². The van der Waals surface area contributed by atoms with Crippen LogP contribution in [0.3, 0.4) is 0 Å². The van der Waals surface area contributed by atoms with Gasteiger partial charge in [0.2, 0.25) is 0 Å². The van der Waals surface area contributed by atoms with Gasteiger partial charge in [0.15, 0.2) is 0 Å². The number of rotatable bonds is 2. The predicted molar refractivity (Wildman–Crippen MR) is 50.6 cm³/mol. The van der Waals surface area contributed by atoms with E-state index in [1.807, 2.05) is 0 Å². The van der Waals surface area contributed by atoms with Crippen molar-refractivity contribution in [3.05, 3.63) is 23.3 Å². The minimum Gasteiger partial charge on any atom is -0.0884 e. The third-order valence-corrected chi connectivity index (χ3v) is 2.38. The zero-order valence-corrected chi connectivity index (χ0v) is 7.69. The molecule has 1 aliphatic carbocycles. The first-order chi connectivity index (χ1) is 5.33. The maximum absolute atomic E-state index is 2.43. The summed E-state index contributed by atoms with van der Waals surface area (Å²) >= 11 is 0. The van der Waals surface area contributed by atoms with Crippen molar-refractivity contribution in [2.24, 2.45) is 0 Å². The number of hydrogen-bond donors (Lipinski definition) is 0. The van der Waals surface area contributed by atoms with Crippen molar-refractivity contribution < 1.29 is 0 Å². The van der Waals surface area contributed by atoms with Crippen LogP contribution in [0.5, 0.6) is 0 Å². The lowest BCUT2D eigenvalue weighted by molar-refractivity contribution is 0.687. The quantitative estimate of drug-likeness (QED) is 0.524. The second-order valence-electron chi connectivity index (χ2n) is 3.42. The van der Waals surface area contributed by atoms with Crippen LogP contribution in [0.4, 0.5) is 0 Å². The van der Waals surface area contributed by atoms with Crippen LogP contribution in [0.25, 0.3) is 0 Å². The van der Waals surface area contributed by atoms with Gasteiger partial charge in [-0.25, -0.2) is 0 Å². The fraction of sp³-hybridized carbons (Fsp3) is 0.636. The van der Waals surface area contributed by atoms with E-state index in [1.165, 1.54) is 37.7 Å². The standard InChI is InChI=1S/C11H18/c1-3-10(2)9-11-7-5-4-6-8-11/h3,7H,4-6,8-9H2,1-2H3/b10-3+. The highest BCUT2D eigenvalue weighted by Crippen LogP contribution is 2.22. The molecule has 0 nitrogen and oxygen atoms in total. The summed E-state index contributed by atoms with van der Waals surface area (Å²) in [6.07, 6.45) is 11.3. The van der Waals surface area contributed by atoms with Crippen molar-refractivity contribution in [2.45, 2.75) is 46.0 Å². The fourth-order valence-corrected chi connectivity index (χ4v) is 1.53. The molecule has 0 spiro atoms. The molecule has 0 saturated carbocycles. The first-order valence-electron chi connectivity index (χ1n) is 4.62. The Balaban J connectivity index is 2.41. The zero-order valence-electron chi connectivity index (χ0n) is 7.69. The Morgan fingerprint density at radius 3 is 2.91 bits per heavy atom. The van der Waals surface area contributed by atoms with Gasteiger partial charge in [0, 0.05) is 0 Å². The lowest BCUT2D eigenvalue weighted by Crippen LogP contribution is -1.92. The van der Waals surface area contributed by atoms with E-state index in [4.69, 9.17) is 0 Å². The highest BCUT2D eigenvalue weighted by Gasteiger charge is 2.02. The van der Waals surface area contributed by atoms with Crippen LogP contribution in [0.2, 0.25) is 0 Å². The van der Waals surface area contributed by atoms with Crippen molar-refractivity contribution >= 4 is 0 Å². The molecule has 0 heterocycles. The molecule has 0 amide bonds. The zero-order chi connectivity index (χ0) is 8.10. The minimum absolute atomic E-state index is 1.22. The molecule has 0 fully saturated rings. The van der Waals surface area contributed by atoms with Crippen molar-refractivity contribution in [3.8, 4) is 0 Å². The Morgan fingerprint density at radius 1 is 1.55 bits per heavy atom. The van der Waals surface area contributed by atoms with Gasteiger partial charge >= 0.3 is 0 Å². The topological polar surface area (TPSA) is 0 Å². The van der Waals surface area contributed by atoms with Gasteiger partial charge in [-0.2, -0.15) is 0 Å². The van der Waals surface area contributed by atoms with Crippen LogP contribution in [-0.4, -0.2) is 0 Å². The molecule has 0 aromatic rings. The Morgan fingerprint density at radius 2 is 2.36 bits per heavy atom. The molecule has 0 aromatic heterocycles. The van der Waals surface area contributed by atoms with Gasteiger partial charge in [-0.3, -0.25) is 0 Å². The molecule has 1 aliphatic rings. The van der Waals surface area contributed by atoms with Gasteiger partial charge in [-0.15, -0.1) is 0 Å². The minimum atomic E-state index is 1.22. The van der Waals surface area contributed by atoms with Crippen LogP contribution in [0.1, 0.15) is 46.0 Å². The first-order valence-corrected chi connectivity index (χ1v) is 4.62. The molecule has 62 valence electrons. The normalized spacial score (nSPS) is 19.8. The molecular weight excluding hydrogens is 132 g/mol. The molecule has 1 rings (SSSR count). The van der Waals surface area contributed by atoms with Gasteiger partial charge in [-0.1, -0.05) is 23.3 Å². The molecular formula is C11H18. The summed E-state index contributed by atoms with van der Waals surface area (Å²) < 4.78 is 0. The SMILES string of the molecule is C/C=C(\C)CC1=CCCCC1. The third-order valence-electron chi connectivity index (χ3n) is 2.38. The second-order valence-corrected chi connectivity index (χ2v) is 3.42. The Kier molecular flexibility index (Phi) is 3.41. The van der Waals surface area contributed by atoms with Crippen molar-refractivity contribution in [3.63, 3.8) is 0 Å². The van der Waals surface area contributed by atoms with Gasteiger partial charge < -0.3 is 0 Å². The van der Waals surface area contributed by atoms with Gasteiger partial charge in [0.25, 0.3) is 0 Å². The molecule has 0 atom stereocenters. The highest BCUT2D eigenvalue weighted by atomic mass is 14.1. The molecule has 0 aromatic carbocycles. The van der Waals surface area contributed by atoms with Gasteiger partial charge in [0.1, 0.15) is 0 Å².